The first-order valence-electron chi connectivity index (χ1n) is 5.14. The summed E-state index contributed by atoms with van der Waals surface area (Å²) in [6.45, 7) is 0.561. The number of benzene rings is 1. The van der Waals surface area contributed by atoms with Crippen molar-refractivity contribution in [3.63, 3.8) is 0 Å². The molecule has 0 atom stereocenters. The molecule has 0 saturated heterocycles. The third-order valence-electron chi connectivity index (χ3n) is 2.12. The molecule has 0 aliphatic heterocycles. The van der Waals surface area contributed by atoms with E-state index < -0.39 is 0 Å². The molecule has 0 fully saturated rings. The largest absolute Gasteiger partial charge is 0.349 e. The van der Waals surface area contributed by atoms with Crippen molar-refractivity contribution in [3.8, 4) is 0 Å². The molecule has 17 heavy (non-hydrogen) atoms. The molecule has 0 aliphatic rings. The molecular formula is C12H19FIN3. The Morgan fingerprint density at radius 2 is 1.53 bits per heavy atom. The molecule has 0 aliphatic carbocycles. The number of hydrogen-bond acceptors (Lipinski definition) is 1. The van der Waals surface area contributed by atoms with Gasteiger partial charge in [-0.25, -0.2) is 9.38 Å². The molecule has 0 N–H and O–H groups in total. The van der Waals surface area contributed by atoms with E-state index in [0.717, 1.165) is 11.5 Å². The van der Waals surface area contributed by atoms with E-state index in [1.165, 1.54) is 12.1 Å². The number of rotatable bonds is 2. The topological polar surface area (TPSA) is 18.8 Å². The van der Waals surface area contributed by atoms with Gasteiger partial charge in [-0.05, 0) is 17.7 Å². The summed E-state index contributed by atoms with van der Waals surface area (Å²) in [6, 6.07) is 6.41. The molecule has 5 heteroatoms. The predicted octanol–water partition coefficient (Wildman–Crippen LogP) is 2.42. The van der Waals surface area contributed by atoms with Crippen LogP contribution in [0.3, 0.4) is 0 Å². The maximum Gasteiger partial charge on any atom is 0.195 e. The lowest BCUT2D eigenvalue weighted by Gasteiger charge is -2.22. The van der Waals surface area contributed by atoms with E-state index in [4.69, 9.17) is 0 Å². The SMILES string of the molecule is CN(C)C(=NCc1ccc(F)cc1)N(C)C.I. The van der Waals surface area contributed by atoms with E-state index in [9.17, 15) is 4.39 Å². The summed E-state index contributed by atoms with van der Waals surface area (Å²) < 4.78 is 12.7. The molecule has 0 spiro atoms. The van der Waals surface area contributed by atoms with Gasteiger partial charge in [0.25, 0.3) is 0 Å². The van der Waals surface area contributed by atoms with Crippen molar-refractivity contribution in [1.29, 1.82) is 0 Å². The van der Waals surface area contributed by atoms with Crippen LogP contribution in [0.2, 0.25) is 0 Å². The van der Waals surface area contributed by atoms with E-state index in [0.29, 0.717) is 6.54 Å². The second-order valence-electron chi connectivity index (χ2n) is 4.03. The summed E-state index contributed by atoms with van der Waals surface area (Å²) in [6.07, 6.45) is 0. The quantitative estimate of drug-likeness (QED) is 0.463. The van der Waals surface area contributed by atoms with Crippen molar-refractivity contribution in [1.82, 2.24) is 9.80 Å². The lowest BCUT2D eigenvalue weighted by atomic mass is 10.2. The van der Waals surface area contributed by atoms with Crippen LogP contribution in [-0.2, 0) is 6.54 Å². The molecule has 3 nitrogen and oxygen atoms in total. The minimum atomic E-state index is -0.215. The van der Waals surface area contributed by atoms with Crippen LogP contribution in [0.4, 0.5) is 4.39 Å². The number of hydrogen-bond donors (Lipinski definition) is 0. The second-order valence-corrected chi connectivity index (χ2v) is 4.03. The molecule has 1 aromatic rings. The van der Waals surface area contributed by atoms with Gasteiger partial charge < -0.3 is 9.80 Å². The lowest BCUT2D eigenvalue weighted by molar-refractivity contribution is 0.479. The Balaban J connectivity index is 0.00000256. The van der Waals surface area contributed by atoms with Crippen LogP contribution >= 0.6 is 24.0 Å². The van der Waals surface area contributed by atoms with Gasteiger partial charge in [-0.1, -0.05) is 12.1 Å². The summed E-state index contributed by atoms with van der Waals surface area (Å²) in [4.78, 5) is 8.36. The highest BCUT2D eigenvalue weighted by atomic mass is 127. The fourth-order valence-electron chi connectivity index (χ4n) is 1.43. The van der Waals surface area contributed by atoms with Gasteiger partial charge in [0.2, 0.25) is 0 Å². The zero-order valence-electron chi connectivity index (χ0n) is 10.6. The van der Waals surface area contributed by atoms with E-state index >= 15 is 0 Å². The van der Waals surface area contributed by atoms with Crippen molar-refractivity contribution >= 4 is 29.9 Å². The summed E-state index contributed by atoms with van der Waals surface area (Å²) >= 11 is 0. The van der Waals surface area contributed by atoms with E-state index in [-0.39, 0.29) is 29.8 Å². The van der Waals surface area contributed by atoms with Crippen LogP contribution in [0.15, 0.2) is 29.3 Å². The van der Waals surface area contributed by atoms with E-state index in [1.807, 2.05) is 38.0 Å². The van der Waals surface area contributed by atoms with Gasteiger partial charge in [0, 0.05) is 28.2 Å². The van der Waals surface area contributed by atoms with Crippen LogP contribution in [0.1, 0.15) is 5.56 Å². The highest BCUT2D eigenvalue weighted by Gasteiger charge is 2.03. The monoisotopic (exact) mass is 351 g/mol. The summed E-state index contributed by atoms with van der Waals surface area (Å²) in [7, 11) is 7.79. The maximum absolute atomic E-state index is 12.7. The van der Waals surface area contributed by atoms with Gasteiger partial charge in [-0.2, -0.15) is 0 Å². The fourth-order valence-corrected chi connectivity index (χ4v) is 1.43. The molecule has 0 unspecified atom stereocenters. The Labute approximate surface area is 119 Å². The highest BCUT2D eigenvalue weighted by molar-refractivity contribution is 14.0. The van der Waals surface area contributed by atoms with Crippen LogP contribution < -0.4 is 0 Å². The molecule has 96 valence electrons. The number of nitrogens with zero attached hydrogens (tertiary/aromatic N) is 3. The van der Waals surface area contributed by atoms with Crippen molar-refractivity contribution in [2.45, 2.75) is 6.54 Å². The summed E-state index contributed by atoms with van der Waals surface area (Å²) in [5.74, 6) is 0.678. The van der Waals surface area contributed by atoms with Crippen molar-refractivity contribution in [3.05, 3.63) is 35.6 Å². The van der Waals surface area contributed by atoms with Crippen LogP contribution in [-0.4, -0.2) is 44.0 Å². The molecule has 0 amide bonds. The van der Waals surface area contributed by atoms with Crippen LogP contribution in [0.5, 0.6) is 0 Å². The van der Waals surface area contributed by atoms with Crippen LogP contribution in [0.25, 0.3) is 0 Å². The van der Waals surface area contributed by atoms with Gasteiger partial charge in [0.1, 0.15) is 5.82 Å². The minimum Gasteiger partial charge on any atom is -0.349 e. The first kappa shape index (κ1) is 16.1. The van der Waals surface area contributed by atoms with E-state index in [1.54, 1.807) is 12.1 Å². The third kappa shape index (κ3) is 5.34. The maximum atomic E-state index is 12.7. The average Bonchev–Trinajstić information content (AvgIpc) is 2.20. The Morgan fingerprint density at radius 1 is 1.06 bits per heavy atom. The number of halogens is 2. The van der Waals surface area contributed by atoms with Gasteiger partial charge in [-0.3, -0.25) is 0 Å². The Hall–Kier alpha value is -0.850. The number of guanidine groups is 1. The summed E-state index contributed by atoms with van der Waals surface area (Å²) in [5, 5.41) is 0. The lowest BCUT2D eigenvalue weighted by Crippen LogP contribution is -2.35. The van der Waals surface area contributed by atoms with Crippen molar-refractivity contribution < 1.29 is 4.39 Å². The molecule has 0 aromatic heterocycles. The first-order valence-corrected chi connectivity index (χ1v) is 5.14. The van der Waals surface area contributed by atoms with Gasteiger partial charge in [0.05, 0.1) is 6.54 Å². The normalized spacial score (nSPS) is 9.24. The minimum absolute atomic E-state index is 0. The van der Waals surface area contributed by atoms with Gasteiger partial charge in [-0.15, -0.1) is 24.0 Å². The second kappa shape index (κ2) is 7.47. The Kier molecular flexibility index (Phi) is 7.10. The standard InChI is InChI=1S/C12H18FN3.HI/c1-15(2)12(16(3)4)14-9-10-5-7-11(13)8-6-10;/h5-8H,9H2,1-4H3;1H. The smallest absolute Gasteiger partial charge is 0.195 e. The highest BCUT2D eigenvalue weighted by Crippen LogP contribution is 2.04. The first-order chi connectivity index (χ1) is 7.50. The molecular weight excluding hydrogens is 332 g/mol. The predicted molar refractivity (Wildman–Crippen MR) is 80.3 cm³/mol. The molecule has 0 radical (unpaired) electrons. The zero-order valence-corrected chi connectivity index (χ0v) is 13.0. The van der Waals surface area contributed by atoms with Crippen molar-refractivity contribution in [2.75, 3.05) is 28.2 Å². The van der Waals surface area contributed by atoms with Crippen molar-refractivity contribution in [2.24, 2.45) is 4.99 Å². The fraction of sp³-hybridized carbons (Fsp3) is 0.417. The van der Waals surface area contributed by atoms with Gasteiger partial charge in [0.15, 0.2) is 5.96 Å². The average molecular weight is 351 g/mol. The molecule has 1 rings (SSSR count). The van der Waals surface area contributed by atoms with Gasteiger partial charge >= 0.3 is 0 Å². The Morgan fingerprint density at radius 3 is 1.94 bits per heavy atom. The summed E-state index contributed by atoms with van der Waals surface area (Å²) in [5.41, 5.74) is 1.00. The van der Waals surface area contributed by atoms with E-state index in [2.05, 4.69) is 4.99 Å². The molecule has 0 bridgehead atoms. The van der Waals surface area contributed by atoms with Crippen LogP contribution in [0, 0.1) is 5.82 Å². The third-order valence-corrected chi connectivity index (χ3v) is 2.12. The zero-order chi connectivity index (χ0) is 12.1. The molecule has 0 saturated carbocycles. The molecule has 1 aromatic carbocycles. The number of aliphatic imine (C=N–C) groups is 1. The Bertz CT molecular complexity index is 351. The molecule has 0 heterocycles.